The summed E-state index contributed by atoms with van der Waals surface area (Å²) in [5.41, 5.74) is 0. The monoisotopic (exact) mass is 314 g/mol. The largest absolute Gasteiger partial charge is 0.481 e. The van der Waals surface area contributed by atoms with Crippen LogP contribution in [-0.2, 0) is 14.3 Å². The Bertz CT molecular complexity index is 289. The minimum absolute atomic E-state index is 0.0860. The average Bonchev–Trinajstić information content (AvgIpc) is 2.45. The standard InChI is InChI=1S/C18H34O4/c1-3-5-6-7-8-9-10-11-12-14-18(21)22-16(13-4-2)15-17(19)20/h16H,3-15H2,1-2H3,(H,19,20). The van der Waals surface area contributed by atoms with Gasteiger partial charge in [-0.25, -0.2) is 0 Å². The number of hydrogen-bond donors (Lipinski definition) is 1. The number of carbonyl (C=O) groups is 2. The highest BCUT2D eigenvalue weighted by molar-refractivity contribution is 5.71. The van der Waals surface area contributed by atoms with E-state index in [-0.39, 0.29) is 12.4 Å². The number of aliphatic carboxylic acids is 1. The molecule has 0 aliphatic heterocycles. The van der Waals surface area contributed by atoms with Gasteiger partial charge in [-0.05, 0) is 12.8 Å². The van der Waals surface area contributed by atoms with Crippen molar-refractivity contribution in [1.82, 2.24) is 0 Å². The van der Waals surface area contributed by atoms with Crippen molar-refractivity contribution in [2.45, 2.75) is 103 Å². The van der Waals surface area contributed by atoms with Crippen LogP contribution in [0.4, 0.5) is 0 Å². The van der Waals surface area contributed by atoms with Gasteiger partial charge in [0.15, 0.2) is 0 Å². The van der Waals surface area contributed by atoms with Gasteiger partial charge in [-0.15, -0.1) is 0 Å². The fourth-order valence-corrected chi connectivity index (χ4v) is 2.54. The molecule has 1 N–H and O–H groups in total. The Morgan fingerprint density at radius 1 is 0.864 bits per heavy atom. The van der Waals surface area contributed by atoms with Crippen LogP contribution in [0.5, 0.6) is 0 Å². The maximum atomic E-state index is 11.7. The molecule has 0 aliphatic carbocycles. The summed E-state index contributed by atoms with van der Waals surface area (Å²) in [5.74, 6) is -1.16. The summed E-state index contributed by atoms with van der Waals surface area (Å²) in [4.78, 5) is 22.4. The Morgan fingerprint density at radius 3 is 1.91 bits per heavy atom. The third-order valence-electron chi connectivity index (χ3n) is 3.80. The van der Waals surface area contributed by atoms with E-state index in [1.165, 1.54) is 44.9 Å². The van der Waals surface area contributed by atoms with E-state index in [4.69, 9.17) is 9.84 Å². The zero-order chi connectivity index (χ0) is 16.6. The van der Waals surface area contributed by atoms with Gasteiger partial charge in [-0.3, -0.25) is 9.59 Å². The lowest BCUT2D eigenvalue weighted by Crippen LogP contribution is -2.21. The molecule has 0 aromatic heterocycles. The second-order valence-electron chi connectivity index (χ2n) is 6.08. The van der Waals surface area contributed by atoms with Crippen LogP contribution in [0.2, 0.25) is 0 Å². The van der Waals surface area contributed by atoms with Crippen molar-refractivity contribution in [3.8, 4) is 0 Å². The fraction of sp³-hybridized carbons (Fsp3) is 0.889. The van der Waals surface area contributed by atoms with Crippen LogP contribution in [0.25, 0.3) is 0 Å². The van der Waals surface area contributed by atoms with Crippen molar-refractivity contribution in [3.05, 3.63) is 0 Å². The maximum absolute atomic E-state index is 11.7. The van der Waals surface area contributed by atoms with Crippen LogP contribution in [0, 0.1) is 0 Å². The zero-order valence-electron chi connectivity index (χ0n) is 14.4. The molecule has 0 aliphatic rings. The van der Waals surface area contributed by atoms with Gasteiger partial charge in [0, 0.05) is 6.42 Å². The summed E-state index contributed by atoms with van der Waals surface area (Å²) in [7, 11) is 0. The first kappa shape index (κ1) is 20.9. The molecule has 4 nitrogen and oxygen atoms in total. The lowest BCUT2D eigenvalue weighted by molar-refractivity contribution is -0.153. The molecule has 4 heteroatoms. The summed E-state index contributed by atoms with van der Waals surface area (Å²) in [5, 5.41) is 8.78. The van der Waals surface area contributed by atoms with Crippen molar-refractivity contribution in [3.63, 3.8) is 0 Å². The molecule has 22 heavy (non-hydrogen) atoms. The highest BCUT2D eigenvalue weighted by Crippen LogP contribution is 2.13. The number of esters is 1. The number of ether oxygens (including phenoxy) is 1. The highest BCUT2D eigenvalue weighted by atomic mass is 16.5. The molecule has 0 saturated carbocycles. The number of unbranched alkanes of at least 4 members (excludes halogenated alkanes) is 8. The number of rotatable bonds is 15. The minimum atomic E-state index is -0.908. The van der Waals surface area contributed by atoms with Gasteiger partial charge in [0.2, 0.25) is 0 Å². The molecular weight excluding hydrogens is 280 g/mol. The SMILES string of the molecule is CCCCCCCCCCCC(=O)OC(CCC)CC(=O)O. The normalized spacial score (nSPS) is 12.1. The van der Waals surface area contributed by atoms with Gasteiger partial charge >= 0.3 is 11.9 Å². The van der Waals surface area contributed by atoms with E-state index in [1.807, 2.05) is 6.92 Å². The van der Waals surface area contributed by atoms with Crippen molar-refractivity contribution in [2.75, 3.05) is 0 Å². The van der Waals surface area contributed by atoms with E-state index in [0.29, 0.717) is 12.8 Å². The Kier molecular flexibility index (Phi) is 14.1. The molecule has 0 radical (unpaired) electrons. The van der Waals surface area contributed by atoms with Gasteiger partial charge in [-0.2, -0.15) is 0 Å². The first-order valence-corrected chi connectivity index (χ1v) is 9.01. The lowest BCUT2D eigenvalue weighted by atomic mass is 10.1. The van der Waals surface area contributed by atoms with Crippen LogP contribution in [0.15, 0.2) is 0 Å². The van der Waals surface area contributed by atoms with E-state index in [0.717, 1.165) is 19.3 Å². The molecule has 0 aromatic carbocycles. The molecule has 0 spiro atoms. The Hall–Kier alpha value is -1.06. The number of carbonyl (C=O) groups excluding carboxylic acids is 1. The van der Waals surface area contributed by atoms with E-state index >= 15 is 0 Å². The van der Waals surface area contributed by atoms with Gasteiger partial charge < -0.3 is 9.84 Å². The summed E-state index contributed by atoms with van der Waals surface area (Å²) in [6.07, 6.45) is 12.2. The van der Waals surface area contributed by atoms with Crippen LogP contribution >= 0.6 is 0 Å². The molecule has 0 rings (SSSR count). The van der Waals surface area contributed by atoms with E-state index in [9.17, 15) is 9.59 Å². The molecule has 0 aromatic rings. The average molecular weight is 314 g/mol. The van der Waals surface area contributed by atoms with Gasteiger partial charge in [0.25, 0.3) is 0 Å². The van der Waals surface area contributed by atoms with Crippen molar-refractivity contribution in [2.24, 2.45) is 0 Å². The Labute approximate surface area is 135 Å². The summed E-state index contributed by atoms with van der Waals surface area (Å²) in [6, 6.07) is 0. The highest BCUT2D eigenvalue weighted by Gasteiger charge is 2.16. The summed E-state index contributed by atoms with van der Waals surface area (Å²) in [6.45, 7) is 4.18. The van der Waals surface area contributed by atoms with Crippen LogP contribution in [0.3, 0.4) is 0 Å². The van der Waals surface area contributed by atoms with Crippen molar-refractivity contribution >= 4 is 11.9 Å². The molecule has 1 unspecified atom stereocenters. The van der Waals surface area contributed by atoms with Gasteiger partial charge in [-0.1, -0.05) is 71.6 Å². The predicted molar refractivity (Wildman–Crippen MR) is 88.9 cm³/mol. The molecule has 130 valence electrons. The molecule has 0 saturated heterocycles. The lowest BCUT2D eigenvalue weighted by Gasteiger charge is -2.15. The summed E-state index contributed by atoms with van der Waals surface area (Å²) >= 11 is 0. The number of carboxylic acid groups (broad SMARTS) is 1. The fourth-order valence-electron chi connectivity index (χ4n) is 2.54. The Balaban J connectivity index is 3.56. The van der Waals surface area contributed by atoms with Crippen LogP contribution < -0.4 is 0 Å². The second kappa shape index (κ2) is 14.9. The molecule has 0 fully saturated rings. The van der Waals surface area contributed by atoms with Crippen molar-refractivity contribution in [1.29, 1.82) is 0 Å². The maximum Gasteiger partial charge on any atom is 0.307 e. The molecule has 1 atom stereocenters. The van der Waals surface area contributed by atoms with E-state index in [1.54, 1.807) is 0 Å². The molecule has 0 heterocycles. The molecular formula is C18H34O4. The number of hydrogen-bond acceptors (Lipinski definition) is 3. The Morgan fingerprint density at radius 2 is 1.41 bits per heavy atom. The van der Waals surface area contributed by atoms with Crippen molar-refractivity contribution < 1.29 is 19.4 Å². The molecule has 0 bridgehead atoms. The first-order valence-electron chi connectivity index (χ1n) is 9.01. The first-order chi connectivity index (χ1) is 10.6. The van der Waals surface area contributed by atoms with Crippen LogP contribution in [-0.4, -0.2) is 23.1 Å². The smallest absolute Gasteiger partial charge is 0.307 e. The topological polar surface area (TPSA) is 63.6 Å². The molecule has 0 amide bonds. The van der Waals surface area contributed by atoms with E-state index in [2.05, 4.69) is 6.92 Å². The zero-order valence-corrected chi connectivity index (χ0v) is 14.4. The van der Waals surface area contributed by atoms with Crippen LogP contribution in [0.1, 0.15) is 97.3 Å². The quantitative estimate of drug-likeness (QED) is 0.337. The van der Waals surface area contributed by atoms with E-state index < -0.39 is 12.1 Å². The third kappa shape index (κ3) is 13.9. The van der Waals surface area contributed by atoms with Gasteiger partial charge in [0.05, 0.1) is 6.42 Å². The third-order valence-corrected chi connectivity index (χ3v) is 3.80. The number of carboxylic acids is 1. The van der Waals surface area contributed by atoms with Gasteiger partial charge in [0.1, 0.15) is 6.10 Å². The summed E-state index contributed by atoms with van der Waals surface area (Å²) < 4.78 is 5.25. The minimum Gasteiger partial charge on any atom is -0.481 e. The predicted octanol–water partition coefficient (Wildman–Crippen LogP) is 5.09. The second-order valence-corrected chi connectivity index (χ2v) is 6.08.